The summed E-state index contributed by atoms with van der Waals surface area (Å²) in [5.74, 6) is -2.00. The molecule has 1 fully saturated rings. The van der Waals surface area contributed by atoms with E-state index in [-0.39, 0.29) is 24.3 Å². The quantitative estimate of drug-likeness (QED) is 0.573. The minimum Gasteiger partial charge on any atom is -0.295 e. The molecule has 3 rings (SSSR count). The molecule has 1 saturated heterocycles. The van der Waals surface area contributed by atoms with Gasteiger partial charge in [0.15, 0.2) is 0 Å². The second-order valence-corrected chi connectivity index (χ2v) is 6.45. The number of carbonyl (C=O) groups excluding carboxylic acids is 4. The largest absolute Gasteiger partial charge is 0.295 e. The number of hydrogen-bond donors (Lipinski definition) is 1. The Balaban J connectivity index is 2.05. The Morgan fingerprint density at radius 1 is 1.14 bits per heavy atom. The lowest BCUT2D eigenvalue weighted by atomic mass is 10.0. The molecule has 1 aromatic rings. The highest BCUT2D eigenvalue weighted by molar-refractivity contribution is 9.10. The zero-order valence-electron chi connectivity index (χ0n) is 11.2. The molecule has 1 aromatic carbocycles. The lowest BCUT2D eigenvalue weighted by molar-refractivity contribution is -0.136. The summed E-state index contributed by atoms with van der Waals surface area (Å²) >= 11 is 6.58. The van der Waals surface area contributed by atoms with Gasteiger partial charge >= 0.3 is 0 Å². The smallest absolute Gasteiger partial charge is 0.263 e. The van der Waals surface area contributed by atoms with Crippen molar-refractivity contribution < 1.29 is 19.2 Å². The molecular weight excluding hydrogens is 420 g/mol. The van der Waals surface area contributed by atoms with E-state index in [1.54, 1.807) is 12.1 Å². The van der Waals surface area contributed by atoms with Crippen molar-refractivity contribution in [3.8, 4) is 0 Å². The number of alkyl halides is 1. The van der Waals surface area contributed by atoms with Crippen LogP contribution in [0.15, 0.2) is 16.6 Å². The minimum absolute atomic E-state index is 0.107. The van der Waals surface area contributed by atoms with Gasteiger partial charge in [-0.15, -0.1) is 0 Å². The molecule has 1 unspecified atom stereocenters. The van der Waals surface area contributed by atoms with Crippen LogP contribution in [0, 0.1) is 0 Å². The maximum absolute atomic E-state index is 12.7. The van der Waals surface area contributed by atoms with Crippen molar-refractivity contribution >= 4 is 55.5 Å². The Hall–Kier alpha value is -1.54. The van der Waals surface area contributed by atoms with Crippen molar-refractivity contribution in [2.75, 3.05) is 0 Å². The molecule has 8 heteroatoms. The first-order valence-electron chi connectivity index (χ1n) is 6.54. The van der Waals surface area contributed by atoms with Crippen molar-refractivity contribution in [2.24, 2.45) is 0 Å². The van der Waals surface area contributed by atoms with Gasteiger partial charge in [-0.25, -0.2) is 0 Å². The van der Waals surface area contributed by atoms with Gasteiger partial charge in [0, 0.05) is 16.2 Å². The Morgan fingerprint density at radius 2 is 1.82 bits per heavy atom. The third-order valence-electron chi connectivity index (χ3n) is 3.77. The molecule has 22 heavy (non-hydrogen) atoms. The van der Waals surface area contributed by atoms with Crippen LogP contribution in [0.25, 0.3) is 0 Å². The number of amides is 4. The van der Waals surface area contributed by atoms with E-state index in [0.29, 0.717) is 20.9 Å². The zero-order chi connectivity index (χ0) is 16.0. The molecule has 0 spiro atoms. The number of imide groups is 2. The molecule has 0 aromatic heterocycles. The maximum atomic E-state index is 12.7. The number of nitrogens with zero attached hydrogens (tertiary/aromatic N) is 1. The molecule has 114 valence electrons. The third kappa shape index (κ3) is 2.21. The van der Waals surface area contributed by atoms with E-state index >= 15 is 0 Å². The number of piperidine rings is 1. The first-order valence-corrected chi connectivity index (χ1v) is 8.46. The van der Waals surface area contributed by atoms with Crippen molar-refractivity contribution in [3.05, 3.63) is 33.3 Å². The number of benzene rings is 1. The van der Waals surface area contributed by atoms with E-state index in [0.717, 1.165) is 4.90 Å². The summed E-state index contributed by atoms with van der Waals surface area (Å²) in [6.45, 7) is 0. The van der Waals surface area contributed by atoms with Crippen molar-refractivity contribution in [3.63, 3.8) is 0 Å². The van der Waals surface area contributed by atoms with Gasteiger partial charge in [0.2, 0.25) is 11.8 Å². The molecule has 1 N–H and O–H groups in total. The lowest BCUT2D eigenvalue weighted by Gasteiger charge is -2.27. The van der Waals surface area contributed by atoms with Gasteiger partial charge in [-0.2, -0.15) is 0 Å². The SMILES string of the molecule is O=C1CCC(N2C(=O)c3c(Br)ccc(CBr)c3C2=O)C(=O)N1. The Labute approximate surface area is 142 Å². The lowest BCUT2D eigenvalue weighted by Crippen LogP contribution is -2.54. The number of carbonyl (C=O) groups is 4. The fraction of sp³-hybridized carbons (Fsp3) is 0.286. The Kier molecular flexibility index (Phi) is 3.90. The normalized spacial score (nSPS) is 21.2. The molecule has 4 amide bonds. The summed E-state index contributed by atoms with van der Waals surface area (Å²) in [6.07, 6.45) is 0.258. The number of nitrogens with one attached hydrogen (secondary N) is 1. The maximum Gasteiger partial charge on any atom is 0.263 e. The second kappa shape index (κ2) is 5.58. The molecule has 2 heterocycles. The van der Waals surface area contributed by atoms with E-state index in [1.165, 1.54) is 0 Å². The highest BCUT2D eigenvalue weighted by atomic mass is 79.9. The standard InChI is InChI=1S/C14H10Br2N2O4/c15-5-6-1-2-7(16)11-10(6)13(21)18(14(11)22)8-3-4-9(19)17-12(8)20/h1-2,8H,3-5H2,(H,17,19,20). The van der Waals surface area contributed by atoms with Gasteiger partial charge in [0.25, 0.3) is 11.8 Å². The van der Waals surface area contributed by atoms with Crippen molar-refractivity contribution in [1.29, 1.82) is 0 Å². The second-order valence-electron chi connectivity index (χ2n) is 5.04. The Bertz CT molecular complexity index is 732. The highest BCUT2D eigenvalue weighted by Crippen LogP contribution is 2.35. The number of fused-ring (bicyclic) bond motifs is 1. The first kappa shape index (κ1) is 15.4. The molecule has 0 aliphatic carbocycles. The summed E-state index contributed by atoms with van der Waals surface area (Å²) < 4.78 is 0.514. The third-order valence-corrected chi connectivity index (χ3v) is 5.04. The fourth-order valence-electron chi connectivity index (χ4n) is 2.73. The van der Waals surface area contributed by atoms with Gasteiger partial charge in [-0.3, -0.25) is 29.4 Å². The van der Waals surface area contributed by atoms with Crippen LogP contribution in [0.1, 0.15) is 39.1 Å². The summed E-state index contributed by atoms with van der Waals surface area (Å²) in [7, 11) is 0. The predicted octanol–water partition coefficient (Wildman–Crippen LogP) is 1.75. The van der Waals surface area contributed by atoms with Crippen LogP contribution in [0.4, 0.5) is 0 Å². The minimum atomic E-state index is -0.944. The summed E-state index contributed by atoms with van der Waals surface area (Å²) in [6, 6.07) is 2.51. The van der Waals surface area contributed by atoms with E-state index in [2.05, 4.69) is 37.2 Å². The van der Waals surface area contributed by atoms with Crippen LogP contribution in [-0.2, 0) is 14.9 Å². The van der Waals surface area contributed by atoms with Gasteiger partial charge < -0.3 is 0 Å². The van der Waals surface area contributed by atoms with Crippen LogP contribution >= 0.6 is 31.9 Å². The van der Waals surface area contributed by atoms with E-state index in [4.69, 9.17) is 0 Å². The zero-order valence-corrected chi connectivity index (χ0v) is 14.4. The van der Waals surface area contributed by atoms with Crippen LogP contribution in [-0.4, -0.2) is 34.6 Å². The molecule has 1 atom stereocenters. The molecule has 2 aliphatic rings. The van der Waals surface area contributed by atoms with Gasteiger partial charge in [0.1, 0.15) is 6.04 Å². The molecular formula is C14H10Br2N2O4. The monoisotopic (exact) mass is 428 g/mol. The van der Waals surface area contributed by atoms with Crippen LogP contribution in [0.2, 0.25) is 0 Å². The molecule has 2 aliphatic heterocycles. The van der Waals surface area contributed by atoms with E-state index in [1.807, 2.05) is 0 Å². The molecule has 0 saturated carbocycles. The first-order chi connectivity index (χ1) is 10.5. The van der Waals surface area contributed by atoms with E-state index < -0.39 is 23.8 Å². The van der Waals surface area contributed by atoms with Crippen LogP contribution < -0.4 is 5.32 Å². The number of rotatable bonds is 2. The summed E-state index contributed by atoms with van der Waals surface area (Å²) in [5, 5.41) is 2.59. The van der Waals surface area contributed by atoms with Gasteiger partial charge in [-0.05, 0) is 34.0 Å². The number of hydrogen-bond acceptors (Lipinski definition) is 4. The molecule has 0 radical (unpaired) electrons. The van der Waals surface area contributed by atoms with Crippen molar-refractivity contribution in [1.82, 2.24) is 10.2 Å². The predicted molar refractivity (Wildman–Crippen MR) is 83.4 cm³/mol. The average Bonchev–Trinajstić information content (AvgIpc) is 2.73. The van der Waals surface area contributed by atoms with Crippen LogP contribution in [0.5, 0.6) is 0 Å². The van der Waals surface area contributed by atoms with Crippen LogP contribution in [0.3, 0.4) is 0 Å². The number of halogens is 2. The summed E-state index contributed by atoms with van der Waals surface area (Å²) in [4.78, 5) is 49.5. The molecule has 6 nitrogen and oxygen atoms in total. The molecule has 0 bridgehead atoms. The van der Waals surface area contributed by atoms with Gasteiger partial charge in [-0.1, -0.05) is 22.0 Å². The van der Waals surface area contributed by atoms with E-state index in [9.17, 15) is 19.2 Å². The van der Waals surface area contributed by atoms with Gasteiger partial charge in [0.05, 0.1) is 11.1 Å². The topological polar surface area (TPSA) is 83.6 Å². The fourth-order valence-corrected chi connectivity index (χ4v) is 3.70. The Morgan fingerprint density at radius 3 is 2.45 bits per heavy atom. The highest BCUT2D eigenvalue weighted by Gasteiger charge is 2.46. The summed E-state index contributed by atoms with van der Waals surface area (Å²) in [5.41, 5.74) is 1.26. The van der Waals surface area contributed by atoms with Crippen molar-refractivity contribution in [2.45, 2.75) is 24.2 Å². The average molecular weight is 430 g/mol.